The maximum Gasteiger partial charge on any atom is 0.230 e. The average molecular weight is 479 g/mol. The average Bonchev–Trinajstić information content (AvgIpc) is 2.82. The third-order valence-electron chi connectivity index (χ3n) is 7.88. The van der Waals surface area contributed by atoms with E-state index in [-0.39, 0.29) is 11.3 Å². The van der Waals surface area contributed by atoms with Crippen LogP contribution in [0.4, 0.5) is 0 Å². The monoisotopic (exact) mass is 479 g/mol. The van der Waals surface area contributed by atoms with Gasteiger partial charge in [0, 0.05) is 17.4 Å². The Kier molecular flexibility index (Phi) is 5.14. The summed E-state index contributed by atoms with van der Waals surface area (Å²) in [5, 5.41) is 55.1. The lowest BCUT2D eigenvalue weighted by Crippen LogP contribution is -2.70. The summed E-state index contributed by atoms with van der Waals surface area (Å²) in [4.78, 5) is 38.6. The summed E-state index contributed by atoms with van der Waals surface area (Å²) in [7, 11) is 0. The smallest absolute Gasteiger partial charge is 0.230 e. The summed E-state index contributed by atoms with van der Waals surface area (Å²) >= 11 is 0. The first-order chi connectivity index (χ1) is 16.5. The van der Waals surface area contributed by atoms with Gasteiger partial charge in [0.2, 0.25) is 11.7 Å². The molecule has 2 saturated carbocycles. The number of hydrogen-bond donors (Lipinski definition) is 6. The Balaban J connectivity index is 1.75. The van der Waals surface area contributed by atoms with Gasteiger partial charge in [0.05, 0.1) is 17.8 Å². The molecule has 0 aromatic heterocycles. The zero-order valence-electron chi connectivity index (χ0n) is 18.8. The maximum atomic E-state index is 13.7. The maximum absolute atomic E-state index is 13.7. The first kappa shape index (κ1) is 23.2. The molecule has 0 radical (unpaired) electrons. The number of carbonyl (C=O) groups is 3. The van der Waals surface area contributed by atoms with Crippen LogP contribution in [0.1, 0.15) is 30.4 Å². The fraction of sp³-hybridized carbons (Fsp3) is 0.346. The number of primary amides is 1. The summed E-state index contributed by atoms with van der Waals surface area (Å²) < 4.78 is 0. The molecule has 9 heteroatoms. The summed E-state index contributed by atoms with van der Waals surface area (Å²) in [6, 6.07) is 12.2. The third-order valence-corrected chi connectivity index (χ3v) is 7.88. The lowest BCUT2D eigenvalue weighted by Gasteiger charge is -2.52. The van der Waals surface area contributed by atoms with Crippen LogP contribution in [-0.4, -0.2) is 60.8 Å². The Morgan fingerprint density at radius 2 is 1.71 bits per heavy atom. The van der Waals surface area contributed by atoms with Gasteiger partial charge in [-0.05, 0) is 35.1 Å². The first-order valence-electron chi connectivity index (χ1n) is 11.3. The number of carbonyl (C=O) groups excluding carboxylic acids is 3. The highest BCUT2D eigenvalue weighted by atomic mass is 16.3. The van der Waals surface area contributed by atoms with Crippen LogP contribution in [0.2, 0.25) is 0 Å². The lowest BCUT2D eigenvalue weighted by molar-refractivity contribution is -0.186. The standard InChI is InChI=1S/C26H25NO8/c1-10-16-12(11-5-3-2-4-6-11)7-8-14(28)18(16)22(31)20-17(10)21(30)13-9-15(29)19(25(27)34)23(32)26(13,35)24(20)33/h2-8,10,13,15,17,19,21,28-31,35H,9H2,1H3,(H2,27,34)/t10-,13+,15?,17+,19?,21+,26+/m0/s1. The third kappa shape index (κ3) is 2.95. The second-order valence-corrected chi connectivity index (χ2v) is 9.60. The van der Waals surface area contributed by atoms with E-state index in [4.69, 9.17) is 5.73 Å². The van der Waals surface area contributed by atoms with E-state index in [9.17, 15) is 39.9 Å². The van der Waals surface area contributed by atoms with E-state index in [1.807, 2.05) is 30.3 Å². The molecule has 35 heavy (non-hydrogen) atoms. The van der Waals surface area contributed by atoms with Crippen molar-refractivity contribution in [2.45, 2.75) is 37.1 Å². The number of phenolic OH excluding ortho intramolecular Hbond substituents is 1. The molecular formula is C26H25NO8. The van der Waals surface area contributed by atoms with Crippen molar-refractivity contribution in [2.24, 2.45) is 23.5 Å². The van der Waals surface area contributed by atoms with Gasteiger partial charge in [-0.3, -0.25) is 14.4 Å². The predicted molar refractivity (Wildman–Crippen MR) is 123 cm³/mol. The van der Waals surface area contributed by atoms with E-state index in [0.29, 0.717) is 11.1 Å². The van der Waals surface area contributed by atoms with Crippen LogP contribution in [0.5, 0.6) is 5.75 Å². The predicted octanol–water partition coefficient (Wildman–Crippen LogP) is 0.788. The molecule has 5 rings (SSSR count). The van der Waals surface area contributed by atoms with Crippen LogP contribution in [0.25, 0.3) is 16.9 Å². The van der Waals surface area contributed by atoms with E-state index >= 15 is 0 Å². The van der Waals surface area contributed by atoms with Gasteiger partial charge >= 0.3 is 0 Å². The van der Waals surface area contributed by atoms with Gasteiger partial charge in [-0.1, -0.05) is 43.3 Å². The molecule has 0 saturated heterocycles. The van der Waals surface area contributed by atoms with Crippen molar-refractivity contribution in [2.75, 3.05) is 0 Å². The summed E-state index contributed by atoms with van der Waals surface area (Å²) in [5.41, 5.74) is 3.92. The van der Waals surface area contributed by atoms with Gasteiger partial charge in [0.1, 0.15) is 17.4 Å². The number of benzene rings is 2. The number of rotatable bonds is 2. The highest BCUT2D eigenvalue weighted by molar-refractivity contribution is 6.25. The van der Waals surface area contributed by atoms with Crippen molar-refractivity contribution >= 4 is 23.2 Å². The molecule has 0 heterocycles. The van der Waals surface area contributed by atoms with Crippen LogP contribution in [-0.2, 0) is 14.4 Å². The van der Waals surface area contributed by atoms with Gasteiger partial charge in [-0.15, -0.1) is 0 Å². The fourth-order valence-corrected chi connectivity index (χ4v) is 6.25. The van der Waals surface area contributed by atoms with Gasteiger partial charge < -0.3 is 31.3 Å². The minimum absolute atomic E-state index is 0.0255. The van der Waals surface area contributed by atoms with Crippen LogP contribution < -0.4 is 5.73 Å². The van der Waals surface area contributed by atoms with Crippen LogP contribution >= 0.6 is 0 Å². The Labute approximate surface area is 200 Å². The fourth-order valence-electron chi connectivity index (χ4n) is 6.25. The SMILES string of the molecule is C[C@H]1c2c(-c3ccccc3)ccc(O)c2C(O)=C2C(=O)[C@]3(O)C(=O)C(C(N)=O)C(O)C[C@@H]3[C@@H](O)[C@@H]21. The molecule has 0 spiro atoms. The van der Waals surface area contributed by atoms with Gasteiger partial charge in [-0.2, -0.15) is 0 Å². The van der Waals surface area contributed by atoms with Gasteiger partial charge in [-0.25, -0.2) is 0 Å². The van der Waals surface area contributed by atoms with Gasteiger partial charge in [0.15, 0.2) is 11.4 Å². The van der Waals surface area contributed by atoms with Crippen molar-refractivity contribution in [3.8, 4) is 16.9 Å². The number of Topliss-reactive ketones (excluding diaryl/α,β-unsaturated/α-hetero) is 2. The highest BCUT2D eigenvalue weighted by Crippen LogP contribution is 2.56. The Morgan fingerprint density at radius 3 is 2.34 bits per heavy atom. The zero-order valence-corrected chi connectivity index (χ0v) is 18.8. The minimum atomic E-state index is -2.86. The van der Waals surface area contributed by atoms with Crippen molar-refractivity contribution in [3.05, 3.63) is 59.2 Å². The molecular weight excluding hydrogens is 454 g/mol. The molecule has 2 aromatic carbocycles. The number of aliphatic hydroxyl groups is 4. The second kappa shape index (κ2) is 7.74. The second-order valence-electron chi connectivity index (χ2n) is 9.60. The molecule has 7 N–H and O–H groups in total. The molecule has 182 valence electrons. The van der Waals surface area contributed by atoms with E-state index in [1.165, 1.54) is 6.07 Å². The molecule has 9 nitrogen and oxygen atoms in total. The molecule has 2 fully saturated rings. The number of amides is 1. The molecule has 3 aliphatic carbocycles. The minimum Gasteiger partial charge on any atom is -0.507 e. The van der Waals surface area contributed by atoms with Crippen molar-refractivity contribution in [1.29, 1.82) is 0 Å². The first-order valence-corrected chi connectivity index (χ1v) is 11.3. The molecule has 1 amide bonds. The Hall–Kier alpha value is -3.53. The zero-order chi connectivity index (χ0) is 25.4. The molecule has 3 aliphatic rings. The normalized spacial score (nSPS) is 34.2. The molecule has 7 atom stereocenters. The quantitative estimate of drug-likeness (QED) is 0.342. The summed E-state index contributed by atoms with van der Waals surface area (Å²) in [6.07, 6.45) is -3.53. The summed E-state index contributed by atoms with van der Waals surface area (Å²) in [6.45, 7) is 1.72. The number of aromatic hydroxyl groups is 1. The van der Waals surface area contributed by atoms with Crippen molar-refractivity contribution in [3.63, 3.8) is 0 Å². The van der Waals surface area contributed by atoms with Crippen molar-refractivity contribution in [1.82, 2.24) is 0 Å². The summed E-state index contributed by atoms with van der Waals surface area (Å²) in [5.74, 6) is -9.58. The number of ketones is 2. The van der Waals surface area contributed by atoms with Crippen LogP contribution in [0.15, 0.2) is 48.0 Å². The van der Waals surface area contributed by atoms with Crippen LogP contribution in [0, 0.1) is 17.8 Å². The van der Waals surface area contributed by atoms with E-state index in [0.717, 1.165) is 5.56 Å². The van der Waals surface area contributed by atoms with Crippen molar-refractivity contribution < 1.29 is 39.9 Å². The van der Waals surface area contributed by atoms with Gasteiger partial charge in [0.25, 0.3) is 0 Å². The Morgan fingerprint density at radius 1 is 1.06 bits per heavy atom. The van der Waals surface area contributed by atoms with E-state index < -0.39 is 76.7 Å². The molecule has 0 bridgehead atoms. The number of phenols is 1. The molecule has 0 aliphatic heterocycles. The number of nitrogens with two attached hydrogens (primary N) is 1. The van der Waals surface area contributed by atoms with E-state index in [2.05, 4.69) is 0 Å². The number of fused-ring (bicyclic) bond motifs is 3. The lowest BCUT2D eigenvalue weighted by atomic mass is 9.53. The Bertz CT molecular complexity index is 1300. The van der Waals surface area contributed by atoms with E-state index in [1.54, 1.807) is 13.0 Å². The number of aliphatic hydroxyl groups excluding tert-OH is 3. The molecule has 2 aromatic rings. The highest BCUT2D eigenvalue weighted by Gasteiger charge is 2.67. The number of hydrogen-bond acceptors (Lipinski definition) is 8. The molecule has 2 unspecified atom stereocenters. The van der Waals surface area contributed by atoms with Crippen LogP contribution in [0.3, 0.4) is 0 Å². The topological polar surface area (TPSA) is 178 Å². The largest absolute Gasteiger partial charge is 0.507 e.